The van der Waals surface area contributed by atoms with Crippen LogP contribution in [0.1, 0.15) is 19.8 Å². The molecular weight excluding hydrogens is 164 g/mol. The molecule has 0 atom stereocenters. The molecule has 1 N–H and O–H groups in total. The molecule has 64 valence electrons. The zero-order chi connectivity index (χ0) is 8.74. The highest BCUT2D eigenvalue weighted by Crippen LogP contribution is 1.88. The summed E-state index contributed by atoms with van der Waals surface area (Å²) in [5.41, 5.74) is 2.78. The van der Waals surface area contributed by atoms with Crippen molar-refractivity contribution in [2.24, 2.45) is 0 Å². The molecule has 3 nitrogen and oxygen atoms in total. The second-order valence-corrected chi connectivity index (χ2v) is 3.63. The predicted octanol–water partition coefficient (Wildman–Crippen LogP) is 1.39. The Morgan fingerprint density at radius 2 is 2.09 bits per heavy atom. The average molecular weight is 176 g/mol. The summed E-state index contributed by atoms with van der Waals surface area (Å²) in [6.07, 6.45) is 4.58. The first kappa shape index (κ1) is 10.4. The topological polar surface area (TPSA) is 54.4 Å². The smallest absolute Gasteiger partial charge is 0.265 e. The van der Waals surface area contributed by atoms with Gasteiger partial charge in [0.15, 0.2) is 0 Å². The number of hydrogen-bond donors (Lipinski definition) is 1. The highest BCUT2D eigenvalue weighted by atomic mass is 32.2. The molecule has 0 rings (SSSR count). The Hall–Kier alpha value is -0.570. The van der Waals surface area contributed by atoms with Crippen molar-refractivity contribution in [2.75, 3.05) is 5.75 Å². The summed E-state index contributed by atoms with van der Waals surface area (Å²) in [4.78, 5) is 0. The molecule has 0 aromatic carbocycles. The van der Waals surface area contributed by atoms with E-state index in [1.54, 1.807) is 12.2 Å². The fraction of sp³-hybridized carbons (Fsp3) is 0.571. The van der Waals surface area contributed by atoms with E-state index >= 15 is 0 Å². The summed E-state index contributed by atoms with van der Waals surface area (Å²) in [5.74, 6) is -0.225. The predicted molar refractivity (Wildman–Crippen MR) is 44.0 cm³/mol. The SMILES string of the molecule is CCC=C=CCCS(=O)(=O)O. The van der Waals surface area contributed by atoms with E-state index in [0.717, 1.165) is 6.42 Å². The van der Waals surface area contributed by atoms with Crippen LogP contribution in [-0.4, -0.2) is 18.7 Å². The van der Waals surface area contributed by atoms with Crippen molar-refractivity contribution >= 4 is 10.1 Å². The Labute approximate surface area is 67.2 Å². The lowest BCUT2D eigenvalue weighted by Gasteiger charge is -1.87. The summed E-state index contributed by atoms with van der Waals surface area (Å²) in [6, 6.07) is 0. The van der Waals surface area contributed by atoms with Crippen LogP contribution in [0.5, 0.6) is 0 Å². The van der Waals surface area contributed by atoms with Crippen LogP contribution >= 0.6 is 0 Å². The van der Waals surface area contributed by atoms with Crippen molar-refractivity contribution in [1.82, 2.24) is 0 Å². The van der Waals surface area contributed by atoms with Crippen molar-refractivity contribution in [1.29, 1.82) is 0 Å². The van der Waals surface area contributed by atoms with E-state index in [9.17, 15) is 8.42 Å². The molecule has 11 heavy (non-hydrogen) atoms. The number of rotatable bonds is 4. The van der Waals surface area contributed by atoms with Crippen LogP contribution in [0.2, 0.25) is 0 Å². The molecular formula is C7H12O3S. The third-order valence-corrected chi connectivity index (χ3v) is 1.71. The number of hydrogen-bond acceptors (Lipinski definition) is 2. The van der Waals surface area contributed by atoms with Gasteiger partial charge in [-0.3, -0.25) is 4.55 Å². The largest absolute Gasteiger partial charge is 0.286 e. The van der Waals surface area contributed by atoms with E-state index < -0.39 is 10.1 Å². The molecule has 0 aliphatic carbocycles. The summed E-state index contributed by atoms with van der Waals surface area (Å²) in [7, 11) is -3.80. The van der Waals surface area contributed by atoms with Crippen LogP contribution in [0.3, 0.4) is 0 Å². The lowest BCUT2D eigenvalue weighted by Crippen LogP contribution is -2.01. The minimum Gasteiger partial charge on any atom is -0.286 e. The second-order valence-electron chi connectivity index (χ2n) is 2.06. The fourth-order valence-corrected chi connectivity index (χ4v) is 0.908. The molecule has 0 aliphatic heterocycles. The van der Waals surface area contributed by atoms with E-state index in [0.29, 0.717) is 6.42 Å². The Balaban J connectivity index is 3.67. The summed E-state index contributed by atoms with van der Waals surface area (Å²) in [6.45, 7) is 1.96. The van der Waals surface area contributed by atoms with Crippen molar-refractivity contribution < 1.29 is 13.0 Å². The van der Waals surface area contributed by atoms with Gasteiger partial charge in [-0.2, -0.15) is 8.42 Å². The zero-order valence-corrected chi connectivity index (χ0v) is 7.26. The van der Waals surface area contributed by atoms with Gasteiger partial charge < -0.3 is 0 Å². The Morgan fingerprint density at radius 1 is 1.45 bits per heavy atom. The van der Waals surface area contributed by atoms with Crippen LogP contribution in [0.25, 0.3) is 0 Å². The van der Waals surface area contributed by atoms with Crippen LogP contribution < -0.4 is 0 Å². The number of allylic oxidation sites excluding steroid dienone is 1. The lowest BCUT2D eigenvalue weighted by molar-refractivity contribution is 0.483. The molecule has 0 saturated heterocycles. The van der Waals surface area contributed by atoms with Gasteiger partial charge in [0.2, 0.25) is 0 Å². The molecule has 0 saturated carbocycles. The Morgan fingerprint density at radius 3 is 2.55 bits per heavy atom. The molecule has 0 bridgehead atoms. The van der Waals surface area contributed by atoms with Gasteiger partial charge in [0.1, 0.15) is 0 Å². The van der Waals surface area contributed by atoms with Gasteiger partial charge >= 0.3 is 0 Å². The fourth-order valence-electron chi connectivity index (χ4n) is 0.492. The lowest BCUT2D eigenvalue weighted by atomic mass is 10.4. The third kappa shape index (κ3) is 9.43. The quantitative estimate of drug-likeness (QED) is 0.520. The van der Waals surface area contributed by atoms with Gasteiger partial charge in [0, 0.05) is 0 Å². The van der Waals surface area contributed by atoms with Gasteiger partial charge in [-0.25, -0.2) is 0 Å². The minimum absolute atomic E-state index is 0.225. The van der Waals surface area contributed by atoms with E-state index in [1.807, 2.05) is 6.92 Å². The minimum atomic E-state index is -3.80. The van der Waals surface area contributed by atoms with Crippen LogP contribution in [0, 0.1) is 0 Å². The van der Waals surface area contributed by atoms with E-state index in [2.05, 4.69) is 5.73 Å². The molecule has 0 aromatic heterocycles. The van der Waals surface area contributed by atoms with Gasteiger partial charge in [-0.15, -0.1) is 5.73 Å². The maximum absolute atomic E-state index is 10.2. The highest BCUT2D eigenvalue weighted by molar-refractivity contribution is 7.85. The molecule has 0 radical (unpaired) electrons. The summed E-state index contributed by atoms with van der Waals surface area (Å²) >= 11 is 0. The first-order valence-electron chi connectivity index (χ1n) is 3.41. The maximum Gasteiger partial charge on any atom is 0.265 e. The van der Waals surface area contributed by atoms with Crippen molar-refractivity contribution in [3.63, 3.8) is 0 Å². The highest BCUT2D eigenvalue weighted by Gasteiger charge is 1.99. The Bertz CT molecular complexity index is 245. The van der Waals surface area contributed by atoms with Crippen molar-refractivity contribution in [3.8, 4) is 0 Å². The second kappa shape index (κ2) is 5.13. The van der Waals surface area contributed by atoms with Gasteiger partial charge in [-0.05, 0) is 25.0 Å². The van der Waals surface area contributed by atoms with Gasteiger partial charge in [-0.1, -0.05) is 6.92 Å². The van der Waals surface area contributed by atoms with Crippen LogP contribution in [0.4, 0.5) is 0 Å². The van der Waals surface area contributed by atoms with Gasteiger partial charge in [0.05, 0.1) is 5.75 Å². The molecule has 0 aromatic rings. The van der Waals surface area contributed by atoms with Crippen LogP contribution in [-0.2, 0) is 10.1 Å². The normalized spacial score (nSPS) is 10.4. The van der Waals surface area contributed by atoms with E-state index in [1.165, 1.54) is 0 Å². The molecule has 0 fully saturated rings. The summed E-state index contributed by atoms with van der Waals surface area (Å²) < 4.78 is 28.6. The third-order valence-electron chi connectivity index (χ3n) is 0.960. The Kier molecular flexibility index (Phi) is 4.86. The molecule has 0 aliphatic rings. The van der Waals surface area contributed by atoms with E-state index in [4.69, 9.17) is 4.55 Å². The maximum atomic E-state index is 10.2. The van der Waals surface area contributed by atoms with Crippen molar-refractivity contribution in [3.05, 3.63) is 17.9 Å². The molecule has 4 heteroatoms. The molecule has 0 heterocycles. The molecule has 0 amide bonds. The zero-order valence-electron chi connectivity index (χ0n) is 6.45. The van der Waals surface area contributed by atoms with Crippen LogP contribution in [0.15, 0.2) is 17.9 Å². The monoisotopic (exact) mass is 176 g/mol. The summed E-state index contributed by atoms with van der Waals surface area (Å²) in [5, 5.41) is 0. The average Bonchev–Trinajstić information content (AvgIpc) is 1.85. The molecule has 0 unspecified atom stereocenters. The standard InChI is InChI=1S/C7H12O3S/c1-2-3-4-5-6-7-11(8,9)10/h3,5H,2,6-7H2,1H3,(H,8,9,10). The first-order chi connectivity index (χ1) is 5.06. The van der Waals surface area contributed by atoms with E-state index in [-0.39, 0.29) is 5.75 Å². The molecule has 0 spiro atoms. The van der Waals surface area contributed by atoms with Crippen molar-refractivity contribution in [2.45, 2.75) is 19.8 Å². The van der Waals surface area contributed by atoms with Gasteiger partial charge in [0.25, 0.3) is 10.1 Å². The first-order valence-corrected chi connectivity index (χ1v) is 5.01.